The van der Waals surface area contributed by atoms with Gasteiger partial charge in [-0.05, 0) is 64.5 Å². The highest BCUT2D eigenvalue weighted by molar-refractivity contribution is 5.85. The number of rotatable bonds is 4. The largest absolute Gasteiger partial charge is 0.465 e. The second kappa shape index (κ2) is 7.82. The minimum Gasteiger partial charge on any atom is -0.465 e. The van der Waals surface area contributed by atoms with Crippen LogP contribution in [0.1, 0.15) is 70.4 Å². The maximum absolute atomic E-state index is 14.4. The van der Waals surface area contributed by atoms with Gasteiger partial charge in [0, 0.05) is 13.1 Å². The number of halogens is 2. The first-order chi connectivity index (χ1) is 13.9. The lowest BCUT2D eigenvalue weighted by Gasteiger charge is -2.33. The molecule has 1 heterocycles. The van der Waals surface area contributed by atoms with Gasteiger partial charge in [0.25, 0.3) is 5.92 Å². The van der Waals surface area contributed by atoms with Crippen LogP contribution in [-0.4, -0.2) is 48.2 Å². The van der Waals surface area contributed by atoms with Crippen molar-refractivity contribution in [2.75, 3.05) is 19.7 Å². The molecule has 0 radical (unpaired) electrons. The zero-order valence-corrected chi connectivity index (χ0v) is 18.3. The number of nitrogens with zero attached hydrogens (tertiary/aromatic N) is 1. The Hall–Kier alpha value is -2.18. The Morgan fingerprint density at radius 3 is 2.13 bits per heavy atom. The lowest BCUT2D eigenvalue weighted by Crippen LogP contribution is -2.41. The number of likely N-dealkylation sites (tertiary alicyclic amines) is 1. The summed E-state index contributed by atoms with van der Waals surface area (Å²) in [5.41, 5.74) is -0.814. The number of carbonyl (C=O) groups is 2. The second-order valence-corrected chi connectivity index (χ2v) is 9.39. The van der Waals surface area contributed by atoms with Crippen LogP contribution in [0.15, 0.2) is 24.3 Å². The van der Waals surface area contributed by atoms with Crippen LogP contribution in [0.5, 0.6) is 0 Å². The van der Waals surface area contributed by atoms with Crippen molar-refractivity contribution in [2.45, 2.75) is 70.8 Å². The van der Waals surface area contributed by atoms with Gasteiger partial charge in [-0.2, -0.15) is 0 Å². The molecule has 1 aliphatic carbocycles. The third-order valence-electron chi connectivity index (χ3n) is 6.14. The zero-order chi connectivity index (χ0) is 22.3. The topological polar surface area (TPSA) is 55.8 Å². The van der Waals surface area contributed by atoms with Crippen LogP contribution >= 0.6 is 0 Å². The molecule has 166 valence electrons. The summed E-state index contributed by atoms with van der Waals surface area (Å²) in [6.07, 6.45) is 1.28. The second-order valence-electron chi connectivity index (χ2n) is 9.39. The number of carbonyl (C=O) groups excluding carboxylic acids is 2. The highest BCUT2D eigenvalue weighted by Crippen LogP contribution is 2.71. The van der Waals surface area contributed by atoms with Crippen LogP contribution in [0.25, 0.3) is 0 Å². The van der Waals surface area contributed by atoms with Crippen molar-refractivity contribution >= 4 is 12.1 Å². The summed E-state index contributed by atoms with van der Waals surface area (Å²) < 4.78 is 39.2. The summed E-state index contributed by atoms with van der Waals surface area (Å²) in [6.45, 7) is 9.69. The third kappa shape index (κ3) is 4.03. The molecular formula is C23H31F2NO4. The van der Waals surface area contributed by atoms with E-state index in [4.69, 9.17) is 9.47 Å². The number of benzene rings is 1. The lowest BCUT2D eigenvalue weighted by molar-refractivity contribution is -0.153. The van der Waals surface area contributed by atoms with Crippen LogP contribution in [0.4, 0.5) is 13.6 Å². The predicted octanol–water partition coefficient (Wildman–Crippen LogP) is 5.10. The Labute approximate surface area is 176 Å². The van der Waals surface area contributed by atoms with E-state index < -0.39 is 28.8 Å². The van der Waals surface area contributed by atoms with Gasteiger partial charge in [0.1, 0.15) is 11.0 Å². The SMILES string of the molecule is CCOC(=O)C1(C)C(c2ccc(C3CCN(C(=O)OC(C)(C)C)CC3)cc2)C1(F)F. The van der Waals surface area contributed by atoms with Gasteiger partial charge in [-0.3, -0.25) is 4.79 Å². The molecule has 1 aromatic rings. The summed E-state index contributed by atoms with van der Waals surface area (Å²) in [5.74, 6) is -4.86. The molecule has 0 N–H and O–H groups in total. The smallest absolute Gasteiger partial charge is 0.410 e. The van der Waals surface area contributed by atoms with Crippen molar-refractivity contribution in [3.63, 3.8) is 0 Å². The molecule has 2 atom stereocenters. The average Bonchev–Trinajstić information content (AvgIpc) is 3.14. The Balaban J connectivity index is 1.62. The van der Waals surface area contributed by atoms with Crippen LogP contribution in [-0.2, 0) is 14.3 Å². The van der Waals surface area contributed by atoms with Gasteiger partial charge in [0.05, 0.1) is 12.5 Å². The fourth-order valence-corrected chi connectivity index (χ4v) is 4.29. The first kappa shape index (κ1) is 22.5. The highest BCUT2D eigenvalue weighted by atomic mass is 19.3. The number of piperidine rings is 1. The van der Waals surface area contributed by atoms with E-state index in [-0.39, 0.29) is 18.6 Å². The summed E-state index contributed by atoms with van der Waals surface area (Å²) in [4.78, 5) is 26.0. The third-order valence-corrected chi connectivity index (χ3v) is 6.14. The molecule has 2 unspecified atom stereocenters. The summed E-state index contributed by atoms with van der Waals surface area (Å²) in [6, 6.07) is 7.11. The van der Waals surface area contributed by atoms with E-state index >= 15 is 0 Å². The van der Waals surface area contributed by atoms with Gasteiger partial charge in [-0.15, -0.1) is 0 Å². The van der Waals surface area contributed by atoms with Crippen LogP contribution in [0.2, 0.25) is 0 Å². The average molecular weight is 424 g/mol. The highest BCUT2D eigenvalue weighted by Gasteiger charge is 2.83. The Morgan fingerprint density at radius 1 is 1.10 bits per heavy atom. The quantitative estimate of drug-likeness (QED) is 0.632. The summed E-state index contributed by atoms with van der Waals surface area (Å²) in [7, 11) is 0. The maximum atomic E-state index is 14.4. The molecule has 1 aliphatic heterocycles. The van der Waals surface area contributed by atoms with E-state index in [1.54, 1.807) is 24.0 Å². The van der Waals surface area contributed by atoms with E-state index in [2.05, 4.69) is 0 Å². The number of esters is 1. The first-order valence-electron chi connectivity index (χ1n) is 10.5. The molecule has 1 saturated heterocycles. The van der Waals surface area contributed by atoms with Crippen molar-refractivity contribution in [2.24, 2.45) is 5.41 Å². The number of amides is 1. The molecule has 3 rings (SSSR count). The van der Waals surface area contributed by atoms with Crippen molar-refractivity contribution in [1.82, 2.24) is 4.90 Å². The normalized spacial score (nSPS) is 26.2. The molecule has 0 bridgehead atoms. The number of hydrogen-bond donors (Lipinski definition) is 0. The van der Waals surface area contributed by atoms with Crippen molar-refractivity contribution in [3.8, 4) is 0 Å². The van der Waals surface area contributed by atoms with Gasteiger partial charge in [-0.1, -0.05) is 24.3 Å². The minimum absolute atomic E-state index is 0.0815. The van der Waals surface area contributed by atoms with Gasteiger partial charge >= 0.3 is 12.1 Å². The number of ether oxygens (including phenoxy) is 2. The molecule has 1 saturated carbocycles. The standard InChI is InChI=1S/C23H31F2NO4/c1-6-29-19(27)22(5)18(23(22,24)25)17-9-7-15(8-10-17)16-11-13-26(14-12-16)20(28)30-21(2,3)4/h7-10,16,18H,6,11-14H2,1-5H3. The van der Waals surface area contributed by atoms with E-state index in [1.807, 2.05) is 32.9 Å². The van der Waals surface area contributed by atoms with Crippen molar-refractivity contribution in [3.05, 3.63) is 35.4 Å². The van der Waals surface area contributed by atoms with E-state index in [0.29, 0.717) is 18.7 Å². The van der Waals surface area contributed by atoms with Gasteiger partial charge in [0.2, 0.25) is 0 Å². The Kier molecular flexibility index (Phi) is 5.87. The molecule has 7 heteroatoms. The summed E-state index contributed by atoms with van der Waals surface area (Å²) in [5, 5.41) is 0. The molecule has 1 amide bonds. The number of hydrogen-bond acceptors (Lipinski definition) is 4. The van der Waals surface area contributed by atoms with Crippen molar-refractivity contribution in [1.29, 1.82) is 0 Å². The molecule has 2 fully saturated rings. The monoisotopic (exact) mass is 423 g/mol. The molecule has 0 spiro atoms. The molecule has 2 aliphatic rings. The zero-order valence-electron chi connectivity index (χ0n) is 18.3. The van der Waals surface area contributed by atoms with Crippen LogP contribution < -0.4 is 0 Å². The number of alkyl halides is 2. The van der Waals surface area contributed by atoms with Crippen molar-refractivity contribution < 1.29 is 27.8 Å². The Morgan fingerprint density at radius 2 is 1.63 bits per heavy atom. The van der Waals surface area contributed by atoms with Gasteiger partial charge < -0.3 is 14.4 Å². The molecular weight excluding hydrogens is 392 g/mol. The Bertz CT molecular complexity index is 794. The molecule has 30 heavy (non-hydrogen) atoms. The summed E-state index contributed by atoms with van der Waals surface area (Å²) >= 11 is 0. The van der Waals surface area contributed by atoms with E-state index in [0.717, 1.165) is 18.4 Å². The van der Waals surface area contributed by atoms with E-state index in [9.17, 15) is 18.4 Å². The van der Waals surface area contributed by atoms with Gasteiger partial charge in [-0.25, -0.2) is 13.6 Å². The molecule has 0 aromatic heterocycles. The fourth-order valence-electron chi connectivity index (χ4n) is 4.29. The van der Waals surface area contributed by atoms with E-state index in [1.165, 1.54) is 6.92 Å². The van der Waals surface area contributed by atoms with Crippen LogP contribution in [0, 0.1) is 5.41 Å². The molecule has 1 aromatic carbocycles. The maximum Gasteiger partial charge on any atom is 0.410 e. The van der Waals surface area contributed by atoms with Crippen LogP contribution in [0.3, 0.4) is 0 Å². The fraction of sp³-hybridized carbons (Fsp3) is 0.652. The predicted molar refractivity (Wildman–Crippen MR) is 109 cm³/mol. The van der Waals surface area contributed by atoms with Gasteiger partial charge in [0.15, 0.2) is 0 Å². The lowest BCUT2D eigenvalue weighted by atomic mass is 9.88. The molecule has 5 nitrogen and oxygen atoms in total. The minimum atomic E-state index is -3.11. The first-order valence-corrected chi connectivity index (χ1v) is 10.5.